The van der Waals surface area contributed by atoms with Crippen molar-refractivity contribution < 1.29 is 5.11 Å². The number of halogens is 4. The summed E-state index contributed by atoms with van der Waals surface area (Å²) in [6, 6.07) is 5.01. The van der Waals surface area contributed by atoms with Gasteiger partial charge in [-0.05, 0) is 18.2 Å². The minimum atomic E-state index is 0. The molecule has 0 aliphatic heterocycles. The highest BCUT2D eigenvalue weighted by molar-refractivity contribution is 6.30. The van der Waals surface area contributed by atoms with Crippen LogP contribution in [0, 0.1) is 0 Å². The van der Waals surface area contributed by atoms with E-state index in [0.29, 0.717) is 23.3 Å². The summed E-state index contributed by atoms with van der Waals surface area (Å²) in [7, 11) is 0. The van der Waals surface area contributed by atoms with Crippen molar-refractivity contribution in [2.75, 3.05) is 24.8 Å². The maximum atomic E-state index is 9.67. The van der Waals surface area contributed by atoms with Gasteiger partial charge in [0.15, 0.2) is 0 Å². The molecule has 1 aromatic rings. The Morgan fingerprint density at radius 3 is 2.24 bits per heavy atom. The van der Waals surface area contributed by atoms with Gasteiger partial charge in [-0.15, -0.1) is 35.6 Å². The Morgan fingerprint density at radius 1 is 1.12 bits per heavy atom. The number of hydrogen-bond donors (Lipinski definition) is 1. The van der Waals surface area contributed by atoms with Crippen LogP contribution in [-0.2, 0) is 6.54 Å². The lowest BCUT2D eigenvalue weighted by atomic mass is 10.2. The predicted octanol–water partition coefficient (Wildman–Crippen LogP) is 3.75. The maximum Gasteiger partial charge on any atom is 0.120 e. The second kappa shape index (κ2) is 9.12. The molecule has 0 amide bonds. The number of hydrogen-bond acceptors (Lipinski definition) is 2. The van der Waals surface area contributed by atoms with Crippen molar-refractivity contribution in [2.24, 2.45) is 0 Å². The average molecular weight is 319 g/mol. The van der Waals surface area contributed by atoms with Gasteiger partial charge in [-0.3, -0.25) is 4.90 Å². The van der Waals surface area contributed by atoms with Gasteiger partial charge in [0, 0.05) is 42.0 Å². The van der Waals surface area contributed by atoms with E-state index in [4.69, 9.17) is 34.8 Å². The molecule has 0 fully saturated rings. The third kappa shape index (κ3) is 6.03. The summed E-state index contributed by atoms with van der Waals surface area (Å²) in [5.74, 6) is 1.33. The molecule has 0 radical (unpaired) electrons. The molecule has 0 aliphatic carbocycles. The number of phenols is 1. The number of nitrogens with zero attached hydrogens (tertiary/aromatic N) is 1. The van der Waals surface area contributed by atoms with Gasteiger partial charge in [0.05, 0.1) is 0 Å². The van der Waals surface area contributed by atoms with Crippen LogP contribution in [-0.4, -0.2) is 34.9 Å². The number of rotatable bonds is 6. The summed E-state index contributed by atoms with van der Waals surface area (Å²) >= 11 is 17.3. The van der Waals surface area contributed by atoms with E-state index in [1.807, 2.05) is 0 Å². The summed E-state index contributed by atoms with van der Waals surface area (Å²) in [6.45, 7) is 2.08. The molecule has 0 spiro atoms. The van der Waals surface area contributed by atoms with Crippen LogP contribution in [0.3, 0.4) is 0 Å². The number of alkyl halides is 2. The summed E-state index contributed by atoms with van der Waals surface area (Å²) in [5.41, 5.74) is 0.794. The third-order valence-corrected chi connectivity index (χ3v) is 2.81. The van der Waals surface area contributed by atoms with Crippen LogP contribution < -0.4 is 0 Å². The van der Waals surface area contributed by atoms with Crippen molar-refractivity contribution in [3.05, 3.63) is 28.8 Å². The van der Waals surface area contributed by atoms with E-state index in [9.17, 15) is 5.11 Å². The van der Waals surface area contributed by atoms with Crippen LogP contribution in [0.4, 0.5) is 0 Å². The van der Waals surface area contributed by atoms with Gasteiger partial charge in [-0.25, -0.2) is 0 Å². The minimum absolute atomic E-state index is 0. The highest BCUT2D eigenvalue weighted by atomic mass is 35.5. The van der Waals surface area contributed by atoms with Crippen LogP contribution in [0.25, 0.3) is 0 Å². The Bertz CT molecular complexity index is 329. The molecule has 0 bridgehead atoms. The zero-order valence-electron chi connectivity index (χ0n) is 9.20. The Morgan fingerprint density at radius 2 is 1.71 bits per heavy atom. The SMILES string of the molecule is Cl.Oc1ccc(Cl)cc1CN(CCCl)CCCl. The highest BCUT2D eigenvalue weighted by Crippen LogP contribution is 2.22. The Hall–Kier alpha value is 0.140. The zero-order chi connectivity index (χ0) is 12.0. The first kappa shape index (κ1) is 17.1. The van der Waals surface area contributed by atoms with Crippen LogP contribution in [0.2, 0.25) is 5.02 Å². The Labute approximate surface area is 123 Å². The third-order valence-electron chi connectivity index (χ3n) is 2.24. The van der Waals surface area contributed by atoms with Gasteiger partial charge in [0.2, 0.25) is 0 Å². The lowest BCUT2D eigenvalue weighted by Gasteiger charge is -2.20. The summed E-state index contributed by atoms with van der Waals surface area (Å²) in [4.78, 5) is 2.07. The molecule has 0 heterocycles. The van der Waals surface area contributed by atoms with Crippen LogP contribution in [0.1, 0.15) is 5.56 Å². The predicted molar refractivity (Wildman–Crippen MR) is 77.1 cm³/mol. The monoisotopic (exact) mass is 317 g/mol. The van der Waals surface area contributed by atoms with Gasteiger partial charge >= 0.3 is 0 Å². The van der Waals surface area contributed by atoms with E-state index in [0.717, 1.165) is 18.7 Å². The molecular formula is C11H15Cl4NO. The fraction of sp³-hybridized carbons (Fsp3) is 0.455. The first-order valence-electron chi connectivity index (χ1n) is 4.99. The fourth-order valence-corrected chi connectivity index (χ4v) is 2.10. The molecule has 2 nitrogen and oxygen atoms in total. The Balaban J connectivity index is 0.00000256. The van der Waals surface area contributed by atoms with E-state index in [1.54, 1.807) is 18.2 Å². The summed E-state index contributed by atoms with van der Waals surface area (Å²) in [6.07, 6.45) is 0. The molecule has 0 aromatic heterocycles. The molecule has 0 saturated heterocycles. The maximum absolute atomic E-state index is 9.67. The average Bonchev–Trinajstić information content (AvgIpc) is 2.24. The van der Waals surface area contributed by atoms with Crippen LogP contribution >= 0.6 is 47.2 Å². The van der Waals surface area contributed by atoms with Crippen molar-refractivity contribution in [3.63, 3.8) is 0 Å². The molecule has 0 saturated carbocycles. The van der Waals surface area contributed by atoms with E-state index in [2.05, 4.69) is 4.90 Å². The summed E-state index contributed by atoms with van der Waals surface area (Å²) < 4.78 is 0. The van der Waals surface area contributed by atoms with Gasteiger partial charge in [-0.1, -0.05) is 11.6 Å². The normalized spacial score (nSPS) is 10.4. The first-order chi connectivity index (χ1) is 7.67. The fourth-order valence-electron chi connectivity index (χ4n) is 1.43. The van der Waals surface area contributed by atoms with E-state index < -0.39 is 0 Å². The van der Waals surface area contributed by atoms with Gasteiger partial charge < -0.3 is 5.11 Å². The molecule has 1 rings (SSSR count). The highest BCUT2D eigenvalue weighted by Gasteiger charge is 2.08. The summed E-state index contributed by atoms with van der Waals surface area (Å²) in [5, 5.41) is 10.3. The van der Waals surface area contributed by atoms with Gasteiger partial charge in [0.1, 0.15) is 5.75 Å². The smallest absolute Gasteiger partial charge is 0.120 e. The lowest BCUT2D eigenvalue weighted by Crippen LogP contribution is -2.27. The van der Waals surface area contributed by atoms with Crippen molar-refractivity contribution in [1.82, 2.24) is 4.90 Å². The van der Waals surface area contributed by atoms with Crippen molar-refractivity contribution >= 4 is 47.2 Å². The molecule has 0 unspecified atom stereocenters. The molecule has 6 heteroatoms. The minimum Gasteiger partial charge on any atom is -0.508 e. The molecule has 1 N–H and O–H groups in total. The molecule has 1 aromatic carbocycles. The quantitative estimate of drug-likeness (QED) is 0.807. The second-order valence-electron chi connectivity index (χ2n) is 3.43. The van der Waals surface area contributed by atoms with Gasteiger partial charge in [-0.2, -0.15) is 0 Å². The lowest BCUT2D eigenvalue weighted by molar-refractivity contribution is 0.294. The number of benzene rings is 1. The van der Waals surface area contributed by atoms with Crippen molar-refractivity contribution in [1.29, 1.82) is 0 Å². The molecule has 0 aliphatic rings. The molecule has 98 valence electrons. The molecule has 17 heavy (non-hydrogen) atoms. The van der Waals surface area contributed by atoms with Crippen molar-refractivity contribution in [3.8, 4) is 5.75 Å². The van der Waals surface area contributed by atoms with Crippen molar-refractivity contribution in [2.45, 2.75) is 6.54 Å². The molecular weight excluding hydrogens is 304 g/mol. The number of phenolic OH excluding ortho intramolecular Hbond substituents is 1. The number of aromatic hydroxyl groups is 1. The van der Waals surface area contributed by atoms with E-state index in [1.165, 1.54) is 0 Å². The zero-order valence-corrected chi connectivity index (χ0v) is 12.3. The van der Waals surface area contributed by atoms with E-state index in [-0.39, 0.29) is 18.2 Å². The second-order valence-corrected chi connectivity index (χ2v) is 4.62. The van der Waals surface area contributed by atoms with Gasteiger partial charge in [0.25, 0.3) is 0 Å². The van der Waals surface area contributed by atoms with Crippen LogP contribution in [0.15, 0.2) is 18.2 Å². The van der Waals surface area contributed by atoms with E-state index >= 15 is 0 Å². The topological polar surface area (TPSA) is 23.5 Å². The standard InChI is InChI=1S/C11H14Cl3NO.ClH/c12-3-5-15(6-4-13)8-9-7-10(14)1-2-11(9)16;/h1-2,7,16H,3-6,8H2;1H. The van der Waals surface area contributed by atoms with Crippen LogP contribution in [0.5, 0.6) is 5.75 Å². The first-order valence-corrected chi connectivity index (χ1v) is 6.43. The Kier molecular flexibility index (Phi) is 9.20. The molecule has 0 atom stereocenters. The largest absolute Gasteiger partial charge is 0.508 e.